The number of carbonyl (C=O) groups excluding carboxylic acids is 1. The molecule has 0 aliphatic carbocycles. The second-order valence-electron chi connectivity index (χ2n) is 3.79. The maximum atomic E-state index is 12.0. The molecule has 0 heterocycles. The minimum atomic E-state index is -0.848. The van der Waals surface area contributed by atoms with Gasteiger partial charge in [0.2, 0.25) is 0 Å². The van der Waals surface area contributed by atoms with E-state index < -0.39 is 18.7 Å². The zero-order valence-electron chi connectivity index (χ0n) is 10.6. The molecule has 100 valence electrons. The zero-order valence-corrected chi connectivity index (χ0v) is 10.6. The van der Waals surface area contributed by atoms with Crippen molar-refractivity contribution in [1.82, 2.24) is 0 Å². The Bertz CT molecular complexity index is 409. The summed E-state index contributed by atoms with van der Waals surface area (Å²) in [4.78, 5) is 11.6. The summed E-state index contributed by atoms with van der Waals surface area (Å²) >= 11 is 0. The lowest BCUT2D eigenvalue weighted by Gasteiger charge is -2.15. The van der Waals surface area contributed by atoms with Gasteiger partial charge in [0.05, 0.1) is 6.61 Å². The van der Waals surface area contributed by atoms with Crippen LogP contribution in [0.5, 0.6) is 5.75 Å². The van der Waals surface area contributed by atoms with Crippen LogP contribution in [0.2, 0.25) is 0 Å². The van der Waals surface area contributed by atoms with E-state index in [1.165, 1.54) is 0 Å². The number of nitrogens with two attached hydrogens (primary N) is 1. The van der Waals surface area contributed by atoms with Crippen molar-refractivity contribution < 1.29 is 18.7 Å². The van der Waals surface area contributed by atoms with E-state index in [1.54, 1.807) is 25.1 Å². The van der Waals surface area contributed by atoms with E-state index >= 15 is 0 Å². The summed E-state index contributed by atoms with van der Waals surface area (Å²) in [5, 5.41) is 0. The van der Waals surface area contributed by atoms with Gasteiger partial charge in [-0.05, 0) is 37.1 Å². The normalized spacial score (nSPS) is 12.0. The smallest absolute Gasteiger partial charge is 0.327 e. The molecule has 1 unspecified atom stereocenters. The van der Waals surface area contributed by atoms with Crippen LogP contribution in [0.1, 0.15) is 24.1 Å². The van der Waals surface area contributed by atoms with E-state index in [-0.39, 0.29) is 13.2 Å². The lowest BCUT2D eigenvalue weighted by Crippen LogP contribution is -2.24. The molecule has 0 fully saturated rings. The van der Waals surface area contributed by atoms with Gasteiger partial charge in [0.1, 0.15) is 25.1 Å². The molecule has 0 aliphatic heterocycles. The van der Waals surface area contributed by atoms with Gasteiger partial charge in [0, 0.05) is 0 Å². The maximum absolute atomic E-state index is 12.0. The Kier molecular flexibility index (Phi) is 5.58. The molecular weight excluding hydrogens is 237 g/mol. The van der Waals surface area contributed by atoms with Gasteiger partial charge in [-0.3, -0.25) is 0 Å². The van der Waals surface area contributed by atoms with Crippen LogP contribution in [0.25, 0.3) is 0 Å². The summed E-state index contributed by atoms with van der Waals surface area (Å²) in [5.41, 5.74) is 7.31. The summed E-state index contributed by atoms with van der Waals surface area (Å²) in [6.07, 6.45) is 0. The fraction of sp³-hybridized carbons (Fsp3) is 0.462. The van der Waals surface area contributed by atoms with Crippen LogP contribution in [0.15, 0.2) is 18.2 Å². The van der Waals surface area contributed by atoms with Crippen molar-refractivity contribution in [2.45, 2.75) is 19.9 Å². The predicted molar refractivity (Wildman–Crippen MR) is 66.2 cm³/mol. The summed E-state index contributed by atoms with van der Waals surface area (Å²) in [6.45, 7) is 3.26. The van der Waals surface area contributed by atoms with Crippen molar-refractivity contribution in [3.05, 3.63) is 29.3 Å². The molecule has 1 rings (SSSR count). The molecule has 0 aliphatic rings. The Balaban J connectivity index is 2.88. The number of esters is 1. The van der Waals surface area contributed by atoms with Crippen LogP contribution >= 0.6 is 0 Å². The molecule has 0 radical (unpaired) electrons. The number of ether oxygens (including phenoxy) is 2. The second-order valence-corrected chi connectivity index (χ2v) is 3.79. The molecule has 5 heteroatoms. The molecule has 1 aromatic rings. The monoisotopic (exact) mass is 255 g/mol. The first-order valence-electron chi connectivity index (χ1n) is 5.81. The molecule has 0 saturated heterocycles. The fourth-order valence-electron chi connectivity index (χ4n) is 1.56. The van der Waals surface area contributed by atoms with Crippen LogP contribution in [0.3, 0.4) is 0 Å². The highest BCUT2D eigenvalue weighted by atomic mass is 19.1. The number of alkyl halides is 1. The first-order chi connectivity index (χ1) is 8.60. The first-order valence-corrected chi connectivity index (χ1v) is 5.81. The number of carbonyl (C=O) groups is 1. The van der Waals surface area contributed by atoms with Crippen molar-refractivity contribution in [2.75, 3.05) is 19.9 Å². The molecule has 1 aromatic carbocycles. The van der Waals surface area contributed by atoms with Crippen molar-refractivity contribution in [2.24, 2.45) is 5.73 Å². The summed E-state index contributed by atoms with van der Waals surface area (Å²) in [7, 11) is 0. The Morgan fingerprint density at radius 2 is 2.22 bits per heavy atom. The second kappa shape index (κ2) is 6.96. The standard InChI is InChI=1S/C13H18FNO3/c1-3-17-13(16)12(15)11-8-10(18-7-6-14)5-4-9(11)2/h4-5,8,12H,3,6-7,15H2,1-2H3. The van der Waals surface area contributed by atoms with Crippen LogP contribution < -0.4 is 10.5 Å². The lowest BCUT2D eigenvalue weighted by atomic mass is 10.0. The molecule has 4 nitrogen and oxygen atoms in total. The van der Waals surface area contributed by atoms with Crippen molar-refractivity contribution >= 4 is 5.97 Å². The van der Waals surface area contributed by atoms with Gasteiger partial charge in [-0.25, -0.2) is 9.18 Å². The van der Waals surface area contributed by atoms with E-state index in [1.807, 2.05) is 6.92 Å². The third-order valence-electron chi connectivity index (χ3n) is 2.47. The van der Waals surface area contributed by atoms with Crippen LogP contribution in [-0.4, -0.2) is 25.9 Å². The Labute approximate surface area is 106 Å². The third kappa shape index (κ3) is 3.70. The van der Waals surface area contributed by atoms with E-state index in [0.717, 1.165) is 5.56 Å². The van der Waals surface area contributed by atoms with E-state index in [0.29, 0.717) is 11.3 Å². The average Bonchev–Trinajstić information content (AvgIpc) is 2.37. The number of halogens is 1. The van der Waals surface area contributed by atoms with Crippen LogP contribution in [-0.2, 0) is 9.53 Å². The third-order valence-corrected chi connectivity index (χ3v) is 2.47. The molecule has 0 saturated carbocycles. The highest BCUT2D eigenvalue weighted by molar-refractivity contribution is 5.78. The molecule has 0 spiro atoms. The molecule has 0 aromatic heterocycles. The largest absolute Gasteiger partial charge is 0.491 e. The van der Waals surface area contributed by atoms with Crippen LogP contribution in [0, 0.1) is 6.92 Å². The lowest BCUT2D eigenvalue weighted by molar-refractivity contribution is -0.144. The minimum Gasteiger partial charge on any atom is -0.491 e. The average molecular weight is 255 g/mol. The predicted octanol–water partition coefficient (Wildman–Crippen LogP) is 1.91. The Morgan fingerprint density at radius 1 is 1.50 bits per heavy atom. The SMILES string of the molecule is CCOC(=O)C(N)c1cc(OCCF)ccc1C. The Hall–Kier alpha value is -1.62. The number of hydrogen-bond acceptors (Lipinski definition) is 4. The van der Waals surface area contributed by atoms with Gasteiger partial charge in [-0.2, -0.15) is 0 Å². The minimum absolute atomic E-state index is 0.0167. The van der Waals surface area contributed by atoms with E-state index in [9.17, 15) is 9.18 Å². The van der Waals surface area contributed by atoms with Gasteiger partial charge in [0.25, 0.3) is 0 Å². The van der Waals surface area contributed by atoms with Gasteiger partial charge in [-0.15, -0.1) is 0 Å². The highest BCUT2D eigenvalue weighted by Gasteiger charge is 2.19. The van der Waals surface area contributed by atoms with Crippen molar-refractivity contribution in [1.29, 1.82) is 0 Å². The number of aryl methyl sites for hydroxylation is 1. The van der Waals surface area contributed by atoms with Crippen molar-refractivity contribution in [3.8, 4) is 5.75 Å². The quantitative estimate of drug-likeness (QED) is 0.789. The summed E-state index contributed by atoms with van der Waals surface area (Å²) in [5.74, 6) is 0.0104. The molecule has 18 heavy (non-hydrogen) atoms. The van der Waals surface area contributed by atoms with E-state index in [2.05, 4.69) is 0 Å². The van der Waals surface area contributed by atoms with Gasteiger partial charge in [-0.1, -0.05) is 6.07 Å². The Morgan fingerprint density at radius 3 is 2.83 bits per heavy atom. The van der Waals surface area contributed by atoms with Crippen molar-refractivity contribution in [3.63, 3.8) is 0 Å². The number of rotatable bonds is 6. The van der Waals surface area contributed by atoms with E-state index in [4.69, 9.17) is 15.2 Å². The topological polar surface area (TPSA) is 61.5 Å². The zero-order chi connectivity index (χ0) is 13.5. The first kappa shape index (κ1) is 14.4. The van der Waals surface area contributed by atoms with Gasteiger partial charge >= 0.3 is 5.97 Å². The summed E-state index contributed by atoms with van der Waals surface area (Å²) in [6, 6.07) is 4.29. The number of hydrogen-bond donors (Lipinski definition) is 1. The molecule has 2 N–H and O–H groups in total. The molecule has 1 atom stereocenters. The maximum Gasteiger partial charge on any atom is 0.327 e. The van der Waals surface area contributed by atoms with Gasteiger partial charge < -0.3 is 15.2 Å². The fourth-order valence-corrected chi connectivity index (χ4v) is 1.56. The molecular formula is C13H18FNO3. The van der Waals surface area contributed by atoms with Gasteiger partial charge in [0.15, 0.2) is 0 Å². The molecule has 0 amide bonds. The molecule has 0 bridgehead atoms. The highest BCUT2D eigenvalue weighted by Crippen LogP contribution is 2.23. The number of benzene rings is 1. The van der Waals surface area contributed by atoms with Crippen LogP contribution in [0.4, 0.5) is 4.39 Å². The summed E-state index contributed by atoms with van der Waals surface area (Å²) < 4.78 is 22.0.